The maximum Gasteiger partial charge on any atom is 0.266 e. The van der Waals surface area contributed by atoms with Gasteiger partial charge in [-0.05, 0) is 53.3 Å². The van der Waals surface area contributed by atoms with Crippen molar-refractivity contribution < 1.29 is 14.4 Å². The molecule has 2 aliphatic heterocycles. The van der Waals surface area contributed by atoms with E-state index in [9.17, 15) is 9.59 Å². The molecule has 33 heavy (non-hydrogen) atoms. The summed E-state index contributed by atoms with van der Waals surface area (Å²) in [4.78, 5) is 34.6. The van der Waals surface area contributed by atoms with Gasteiger partial charge in [0.1, 0.15) is 5.92 Å². The Balaban J connectivity index is 1.57. The minimum Gasteiger partial charge on any atom is -0.273 e. The molecule has 5 rings (SSSR count). The first-order valence-corrected chi connectivity index (χ1v) is 11.3. The lowest BCUT2D eigenvalue weighted by molar-refractivity contribution is -0.126. The van der Waals surface area contributed by atoms with Crippen LogP contribution in [0.15, 0.2) is 78.9 Å². The van der Waals surface area contributed by atoms with Gasteiger partial charge in [-0.3, -0.25) is 14.4 Å². The lowest BCUT2D eigenvalue weighted by Crippen LogP contribution is -2.37. The summed E-state index contributed by atoms with van der Waals surface area (Å²) >= 11 is 0. The molecule has 0 aliphatic carbocycles. The van der Waals surface area contributed by atoms with Gasteiger partial charge in [0.25, 0.3) is 5.91 Å². The fourth-order valence-corrected chi connectivity index (χ4v) is 4.75. The molecule has 0 aromatic heterocycles. The molecule has 0 N–H and O–H groups in total. The normalized spacial score (nSPS) is 22.7. The maximum atomic E-state index is 13.7. The molecule has 168 valence electrons. The fourth-order valence-electron chi connectivity index (χ4n) is 4.75. The number of anilines is 2. The molecule has 3 aromatic carbocycles. The first-order chi connectivity index (χ1) is 15.8. The third-order valence-electron chi connectivity index (χ3n) is 6.50. The van der Waals surface area contributed by atoms with E-state index in [1.807, 2.05) is 55.5 Å². The summed E-state index contributed by atoms with van der Waals surface area (Å²) in [7, 11) is 0. The number of carbonyl (C=O) groups is 2. The van der Waals surface area contributed by atoms with Crippen LogP contribution in [0, 0.1) is 12.8 Å². The molecule has 2 heterocycles. The van der Waals surface area contributed by atoms with E-state index in [0.717, 1.165) is 16.8 Å². The molecule has 0 spiro atoms. The highest BCUT2D eigenvalue weighted by Crippen LogP contribution is 2.47. The molecule has 2 amide bonds. The SMILES string of the molecule is Cc1cccc(N2C(=O)[C@H]3[C@H](ON(c4ccccc4)[C@H]3c3ccc(C(C)(C)C)cc3)C2=O)c1. The zero-order chi connectivity index (χ0) is 23.3. The van der Waals surface area contributed by atoms with Crippen LogP contribution in [0.3, 0.4) is 0 Å². The van der Waals surface area contributed by atoms with Gasteiger partial charge in [0.2, 0.25) is 5.91 Å². The van der Waals surface area contributed by atoms with Crippen LogP contribution in [-0.2, 0) is 19.8 Å². The van der Waals surface area contributed by atoms with Crippen molar-refractivity contribution in [2.75, 3.05) is 9.96 Å². The molecule has 0 radical (unpaired) electrons. The predicted molar refractivity (Wildman–Crippen MR) is 129 cm³/mol. The third kappa shape index (κ3) is 3.62. The number of hydroxylamine groups is 1. The van der Waals surface area contributed by atoms with E-state index in [1.54, 1.807) is 11.1 Å². The zero-order valence-corrected chi connectivity index (χ0v) is 19.4. The maximum absolute atomic E-state index is 13.7. The zero-order valence-electron chi connectivity index (χ0n) is 19.4. The van der Waals surface area contributed by atoms with Crippen molar-refractivity contribution in [1.82, 2.24) is 0 Å². The summed E-state index contributed by atoms with van der Waals surface area (Å²) in [5, 5.41) is 1.74. The minimum absolute atomic E-state index is 0.0213. The number of nitrogens with zero attached hydrogens (tertiary/aromatic N) is 2. The summed E-state index contributed by atoms with van der Waals surface area (Å²) < 4.78 is 0. The quantitative estimate of drug-likeness (QED) is 0.516. The van der Waals surface area contributed by atoms with Gasteiger partial charge in [0.15, 0.2) is 6.10 Å². The standard InChI is InChI=1S/C28H28N2O3/c1-18-9-8-12-22(17-18)29-26(31)23-24(19-13-15-20(16-14-19)28(2,3)4)30(33-25(23)27(29)32)21-10-6-5-7-11-21/h5-17,23-25H,1-4H3/t23-,24+,25+/m1/s1. The Labute approximate surface area is 194 Å². The Morgan fingerprint density at radius 3 is 2.09 bits per heavy atom. The Morgan fingerprint density at radius 1 is 0.788 bits per heavy atom. The van der Waals surface area contributed by atoms with Gasteiger partial charge >= 0.3 is 0 Å². The van der Waals surface area contributed by atoms with Gasteiger partial charge in [-0.1, -0.05) is 75.4 Å². The van der Waals surface area contributed by atoms with Gasteiger partial charge in [-0.2, -0.15) is 0 Å². The first kappa shape index (κ1) is 21.4. The van der Waals surface area contributed by atoms with Gasteiger partial charge in [0.05, 0.1) is 17.4 Å². The number of rotatable bonds is 3. The van der Waals surface area contributed by atoms with Gasteiger partial charge in [-0.15, -0.1) is 0 Å². The number of imide groups is 1. The molecule has 3 aromatic rings. The number of amides is 2. The van der Waals surface area contributed by atoms with Crippen molar-refractivity contribution in [1.29, 1.82) is 0 Å². The number of fused-ring (bicyclic) bond motifs is 1. The highest BCUT2D eigenvalue weighted by molar-refractivity contribution is 6.23. The molecule has 2 saturated heterocycles. The van der Waals surface area contributed by atoms with E-state index >= 15 is 0 Å². The van der Waals surface area contributed by atoms with Crippen LogP contribution in [0.4, 0.5) is 11.4 Å². The van der Waals surface area contributed by atoms with Crippen LogP contribution in [-0.4, -0.2) is 17.9 Å². The second-order valence-electron chi connectivity index (χ2n) is 9.88. The van der Waals surface area contributed by atoms with Crippen molar-refractivity contribution in [3.8, 4) is 0 Å². The van der Waals surface area contributed by atoms with Gasteiger partial charge < -0.3 is 0 Å². The van der Waals surface area contributed by atoms with Crippen LogP contribution < -0.4 is 9.96 Å². The minimum atomic E-state index is -0.856. The monoisotopic (exact) mass is 440 g/mol. The van der Waals surface area contributed by atoms with E-state index in [4.69, 9.17) is 4.84 Å². The van der Waals surface area contributed by atoms with Crippen molar-refractivity contribution >= 4 is 23.2 Å². The number of para-hydroxylation sites is 1. The highest BCUT2D eigenvalue weighted by atomic mass is 16.7. The second kappa shape index (κ2) is 7.85. The Bertz CT molecular complexity index is 1200. The van der Waals surface area contributed by atoms with Crippen LogP contribution in [0.1, 0.15) is 43.5 Å². The van der Waals surface area contributed by atoms with Gasteiger partial charge in [0, 0.05) is 0 Å². The molecular formula is C28H28N2O3. The lowest BCUT2D eigenvalue weighted by atomic mass is 9.84. The topological polar surface area (TPSA) is 49.9 Å². The van der Waals surface area contributed by atoms with Crippen LogP contribution >= 0.6 is 0 Å². The van der Waals surface area contributed by atoms with Crippen LogP contribution in [0.5, 0.6) is 0 Å². The average molecular weight is 441 g/mol. The van der Waals surface area contributed by atoms with E-state index < -0.39 is 18.1 Å². The first-order valence-electron chi connectivity index (χ1n) is 11.3. The number of benzene rings is 3. The molecule has 3 atom stereocenters. The van der Waals surface area contributed by atoms with Gasteiger partial charge in [-0.25, -0.2) is 9.96 Å². The van der Waals surface area contributed by atoms with Crippen molar-refractivity contribution in [2.24, 2.45) is 5.92 Å². The molecular weight excluding hydrogens is 412 g/mol. The smallest absolute Gasteiger partial charge is 0.266 e. The number of aryl methyl sites for hydroxylation is 1. The molecule has 2 aliphatic rings. The average Bonchev–Trinajstić information content (AvgIpc) is 3.30. The summed E-state index contributed by atoms with van der Waals surface area (Å²) in [6.07, 6.45) is -0.856. The van der Waals surface area contributed by atoms with E-state index in [1.165, 1.54) is 10.5 Å². The van der Waals surface area contributed by atoms with E-state index in [-0.39, 0.29) is 17.2 Å². The van der Waals surface area contributed by atoms with Crippen LogP contribution in [0.2, 0.25) is 0 Å². The lowest BCUT2D eigenvalue weighted by Gasteiger charge is -2.29. The highest BCUT2D eigenvalue weighted by Gasteiger charge is 2.60. The van der Waals surface area contributed by atoms with Crippen molar-refractivity contribution in [3.63, 3.8) is 0 Å². The fraction of sp³-hybridized carbons (Fsp3) is 0.286. The third-order valence-corrected chi connectivity index (χ3v) is 6.50. The Kier molecular flexibility index (Phi) is 5.09. The summed E-state index contributed by atoms with van der Waals surface area (Å²) in [5.41, 5.74) is 4.59. The summed E-state index contributed by atoms with van der Waals surface area (Å²) in [5.74, 6) is -1.16. The molecule has 0 saturated carbocycles. The molecule has 0 bridgehead atoms. The van der Waals surface area contributed by atoms with Crippen molar-refractivity contribution in [3.05, 3.63) is 95.6 Å². The Morgan fingerprint density at radius 2 is 1.45 bits per heavy atom. The largest absolute Gasteiger partial charge is 0.273 e. The number of hydrogen-bond acceptors (Lipinski definition) is 4. The second-order valence-corrected chi connectivity index (χ2v) is 9.88. The van der Waals surface area contributed by atoms with E-state index in [2.05, 4.69) is 45.0 Å². The molecule has 0 unspecified atom stereocenters. The predicted octanol–water partition coefficient (Wildman–Crippen LogP) is 5.34. The van der Waals surface area contributed by atoms with E-state index in [0.29, 0.717) is 5.69 Å². The van der Waals surface area contributed by atoms with Crippen LogP contribution in [0.25, 0.3) is 0 Å². The summed E-state index contributed by atoms with van der Waals surface area (Å²) in [6, 6.07) is 25.0. The number of hydrogen-bond donors (Lipinski definition) is 0. The molecule has 5 nitrogen and oxygen atoms in total. The molecule has 2 fully saturated rings. The summed E-state index contributed by atoms with van der Waals surface area (Å²) in [6.45, 7) is 8.46. The van der Waals surface area contributed by atoms with Crippen molar-refractivity contribution in [2.45, 2.75) is 45.3 Å². The Hall–Kier alpha value is -3.44. The molecule has 5 heteroatoms. The number of carbonyl (C=O) groups excluding carboxylic acids is 2.